The summed E-state index contributed by atoms with van der Waals surface area (Å²) in [5.41, 5.74) is 0. The van der Waals surface area contributed by atoms with Crippen molar-refractivity contribution >= 4 is 5.97 Å². The molecule has 0 radical (unpaired) electrons. The van der Waals surface area contributed by atoms with E-state index in [9.17, 15) is 9.90 Å². The molecular formula is C11H22N2O3. The summed E-state index contributed by atoms with van der Waals surface area (Å²) in [4.78, 5) is 14.8. The van der Waals surface area contributed by atoms with Gasteiger partial charge in [-0.15, -0.1) is 0 Å². The number of aliphatic hydroxyl groups is 1. The number of piperazine rings is 1. The van der Waals surface area contributed by atoms with Gasteiger partial charge < -0.3 is 10.2 Å². The van der Waals surface area contributed by atoms with Gasteiger partial charge in [-0.25, -0.2) is 0 Å². The van der Waals surface area contributed by atoms with E-state index in [1.165, 1.54) is 0 Å². The molecule has 0 aromatic heterocycles. The normalized spacial score (nSPS) is 25.6. The lowest BCUT2D eigenvalue weighted by atomic mass is 10.1. The monoisotopic (exact) mass is 230 g/mol. The number of carbonyl (C=O) groups is 1. The number of nitrogens with zero attached hydrogens (tertiary/aromatic N) is 2. The van der Waals surface area contributed by atoms with Crippen molar-refractivity contribution in [1.82, 2.24) is 9.80 Å². The number of aliphatic hydroxyl groups excluding tert-OH is 1. The minimum absolute atomic E-state index is 0.124. The van der Waals surface area contributed by atoms with Crippen LogP contribution in [0.4, 0.5) is 0 Å². The maximum atomic E-state index is 10.6. The molecule has 2 N–H and O–H groups in total. The molecular weight excluding hydrogens is 208 g/mol. The molecule has 2 atom stereocenters. The highest BCUT2D eigenvalue weighted by atomic mass is 16.4. The molecule has 0 bridgehead atoms. The minimum Gasteiger partial charge on any atom is -0.480 e. The highest BCUT2D eigenvalue weighted by Crippen LogP contribution is 2.13. The molecule has 0 spiro atoms. The number of carboxylic acids is 1. The van der Waals surface area contributed by atoms with Crippen molar-refractivity contribution in [3.63, 3.8) is 0 Å². The molecule has 94 valence electrons. The molecule has 0 saturated carbocycles. The molecule has 1 fully saturated rings. The number of carboxylic acid groups (broad SMARTS) is 1. The molecule has 0 aliphatic carbocycles. The molecule has 2 unspecified atom stereocenters. The lowest BCUT2D eigenvalue weighted by Gasteiger charge is -2.41. The Balaban J connectivity index is 2.46. The van der Waals surface area contributed by atoms with Crippen molar-refractivity contribution < 1.29 is 15.0 Å². The minimum atomic E-state index is -0.765. The van der Waals surface area contributed by atoms with Crippen molar-refractivity contribution in [3.8, 4) is 0 Å². The first-order valence-corrected chi connectivity index (χ1v) is 5.89. The van der Waals surface area contributed by atoms with Gasteiger partial charge in [0, 0.05) is 32.2 Å². The standard InChI is InChI=1S/C11H22N2O3/c1-3-10-7-12(8-11(15)16)4-5-13(10)6-9(2)14/h9-10,14H,3-8H2,1-2H3,(H,15,16). The van der Waals surface area contributed by atoms with Crippen molar-refractivity contribution in [2.24, 2.45) is 0 Å². The molecule has 0 aromatic rings. The Hall–Kier alpha value is -0.650. The van der Waals surface area contributed by atoms with Gasteiger partial charge in [0.05, 0.1) is 12.6 Å². The van der Waals surface area contributed by atoms with E-state index < -0.39 is 5.97 Å². The summed E-state index contributed by atoms with van der Waals surface area (Å²) < 4.78 is 0. The van der Waals surface area contributed by atoms with Crippen LogP contribution in [-0.2, 0) is 4.79 Å². The SMILES string of the molecule is CCC1CN(CC(=O)O)CCN1CC(C)O. The van der Waals surface area contributed by atoms with E-state index in [1.807, 2.05) is 4.90 Å². The number of hydrogen-bond acceptors (Lipinski definition) is 4. The molecule has 16 heavy (non-hydrogen) atoms. The molecule has 0 amide bonds. The van der Waals surface area contributed by atoms with E-state index in [4.69, 9.17) is 5.11 Å². The van der Waals surface area contributed by atoms with Gasteiger partial charge in [-0.3, -0.25) is 14.6 Å². The maximum absolute atomic E-state index is 10.6. The molecule has 1 aliphatic heterocycles. The third-order valence-electron chi connectivity index (χ3n) is 3.02. The fourth-order valence-electron chi connectivity index (χ4n) is 2.26. The van der Waals surface area contributed by atoms with Crippen LogP contribution in [0.15, 0.2) is 0 Å². The van der Waals surface area contributed by atoms with E-state index in [0.29, 0.717) is 12.6 Å². The number of β-amino-alcohol motifs (C(OH)–C–C–N with tert-alkyl or cyclic N) is 1. The Morgan fingerprint density at radius 1 is 1.50 bits per heavy atom. The van der Waals surface area contributed by atoms with E-state index in [1.54, 1.807) is 6.92 Å². The van der Waals surface area contributed by atoms with Gasteiger partial charge in [-0.05, 0) is 13.3 Å². The molecule has 5 nitrogen and oxygen atoms in total. The third-order valence-corrected chi connectivity index (χ3v) is 3.02. The van der Waals surface area contributed by atoms with Crippen LogP contribution >= 0.6 is 0 Å². The van der Waals surface area contributed by atoms with E-state index >= 15 is 0 Å². The summed E-state index contributed by atoms with van der Waals surface area (Å²) in [7, 11) is 0. The fraction of sp³-hybridized carbons (Fsp3) is 0.909. The van der Waals surface area contributed by atoms with Gasteiger partial charge >= 0.3 is 5.97 Å². The Morgan fingerprint density at radius 2 is 2.19 bits per heavy atom. The Bertz CT molecular complexity index is 233. The van der Waals surface area contributed by atoms with Gasteiger partial charge in [-0.2, -0.15) is 0 Å². The summed E-state index contributed by atoms with van der Waals surface area (Å²) in [5.74, 6) is -0.765. The van der Waals surface area contributed by atoms with Crippen molar-refractivity contribution in [2.75, 3.05) is 32.7 Å². The first-order chi connectivity index (χ1) is 7.52. The second kappa shape index (κ2) is 6.18. The van der Waals surface area contributed by atoms with Crippen LogP contribution in [0, 0.1) is 0 Å². The Labute approximate surface area is 96.7 Å². The number of rotatable bonds is 5. The zero-order valence-electron chi connectivity index (χ0n) is 10.1. The zero-order chi connectivity index (χ0) is 12.1. The molecule has 1 saturated heterocycles. The highest BCUT2D eigenvalue weighted by molar-refractivity contribution is 5.69. The quantitative estimate of drug-likeness (QED) is 0.687. The maximum Gasteiger partial charge on any atom is 0.317 e. The van der Waals surface area contributed by atoms with Crippen LogP contribution < -0.4 is 0 Å². The first-order valence-electron chi connectivity index (χ1n) is 5.89. The van der Waals surface area contributed by atoms with Crippen LogP contribution in [0.1, 0.15) is 20.3 Å². The van der Waals surface area contributed by atoms with Gasteiger partial charge in [0.15, 0.2) is 0 Å². The molecule has 0 aromatic carbocycles. The van der Waals surface area contributed by atoms with Crippen LogP contribution in [0.2, 0.25) is 0 Å². The average Bonchev–Trinajstić information content (AvgIpc) is 2.18. The molecule has 5 heteroatoms. The molecule has 1 heterocycles. The van der Waals surface area contributed by atoms with Gasteiger partial charge in [0.25, 0.3) is 0 Å². The summed E-state index contributed by atoms with van der Waals surface area (Å²) in [6.45, 7) is 7.10. The predicted molar refractivity (Wildman–Crippen MR) is 61.4 cm³/mol. The second-order valence-corrected chi connectivity index (χ2v) is 4.53. The van der Waals surface area contributed by atoms with Crippen LogP contribution in [0.25, 0.3) is 0 Å². The fourth-order valence-corrected chi connectivity index (χ4v) is 2.26. The topological polar surface area (TPSA) is 64.0 Å². The van der Waals surface area contributed by atoms with E-state index in [0.717, 1.165) is 26.1 Å². The average molecular weight is 230 g/mol. The van der Waals surface area contributed by atoms with Gasteiger partial charge in [0.1, 0.15) is 0 Å². The van der Waals surface area contributed by atoms with Crippen molar-refractivity contribution in [1.29, 1.82) is 0 Å². The van der Waals surface area contributed by atoms with Crippen LogP contribution in [-0.4, -0.2) is 70.9 Å². The highest BCUT2D eigenvalue weighted by Gasteiger charge is 2.27. The Morgan fingerprint density at radius 3 is 2.69 bits per heavy atom. The summed E-state index contributed by atoms with van der Waals surface area (Å²) >= 11 is 0. The van der Waals surface area contributed by atoms with Crippen LogP contribution in [0.5, 0.6) is 0 Å². The largest absolute Gasteiger partial charge is 0.480 e. The summed E-state index contributed by atoms with van der Waals surface area (Å²) in [5, 5.41) is 18.1. The van der Waals surface area contributed by atoms with Gasteiger partial charge in [0.2, 0.25) is 0 Å². The summed E-state index contributed by atoms with van der Waals surface area (Å²) in [6.07, 6.45) is 0.670. The second-order valence-electron chi connectivity index (χ2n) is 4.53. The Kier molecular flexibility index (Phi) is 5.18. The molecule has 1 aliphatic rings. The van der Waals surface area contributed by atoms with Crippen LogP contribution in [0.3, 0.4) is 0 Å². The van der Waals surface area contributed by atoms with Crippen molar-refractivity contribution in [3.05, 3.63) is 0 Å². The smallest absolute Gasteiger partial charge is 0.317 e. The van der Waals surface area contributed by atoms with Crippen molar-refractivity contribution in [2.45, 2.75) is 32.4 Å². The zero-order valence-corrected chi connectivity index (χ0v) is 10.1. The lowest BCUT2D eigenvalue weighted by molar-refractivity contribution is -0.139. The number of hydrogen-bond donors (Lipinski definition) is 2. The summed E-state index contributed by atoms with van der Waals surface area (Å²) in [6, 6.07) is 0.364. The lowest BCUT2D eigenvalue weighted by Crippen LogP contribution is -2.55. The van der Waals surface area contributed by atoms with Gasteiger partial charge in [-0.1, -0.05) is 6.92 Å². The molecule has 1 rings (SSSR count). The number of aliphatic carboxylic acids is 1. The van der Waals surface area contributed by atoms with E-state index in [2.05, 4.69) is 11.8 Å². The third kappa shape index (κ3) is 4.08. The van der Waals surface area contributed by atoms with E-state index in [-0.39, 0.29) is 12.6 Å². The first kappa shape index (κ1) is 13.4. The predicted octanol–water partition coefficient (Wildman–Crippen LogP) is -0.152.